The van der Waals surface area contributed by atoms with Gasteiger partial charge in [0.1, 0.15) is 17.2 Å². The summed E-state index contributed by atoms with van der Waals surface area (Å²) in [5.41, 5.74) is 4.11. The number of aryl methyl sites for hydroxylation is 1. The Morgan fingerprint density at radius 3 is 2.27 bits per heavy atom. The zero-order chi connectivity index (χ0) is 26.6. The van der Waals surface area contributed by atoms with Crippen LogP contribution in [0.25, 0.3) is 22.0 Å². The van der Waals surface area contributed by atoms with Crippen LogP contribution in [0.4, 0.5) is 16.3 Å². The van der Waals surface area contributed by atoms with Crippen molar-refractivity contribution in [2.75, 3.05) is 24.9 Å². The summed E-state index contributed by atoms with van der Waals surface area (Å²) in [4.78, 5) is 21.2. The van der Waals surface area contributed by atoms with Crippen LogP contribution < -0.4 is 20.1 Å². The van der Waals surface area contributed by atoms with E-state index in [4.69, 9.17) is 14.2 Å². The maximum absolute atomic E-state index is 12.0. The van der Waals surface area contributed by atoms with Crippen molar-refractivity contribution in [2.24, 2.45) is 0 Å². The van der Waals surface area contributed by atoms with Crippen molar-refractivity contribution in [2.45, 2.75) is 39.8 Å². The van der Waals surface area contributed by atoms with Gasteiger partial charge in [-0.25, -0.2) is 14.8 Å². The minimum absolute atomic E-state index is 0.475. The van der Waals surface area contributed by atoms with Gasteiger partial charge in [0.15, 0.2) is 11.5 Å². The second-order valence-corrected chi connectivity index (χ2v) is 9.60. The molecule has 0 saturated carbocycles. The number of carbonyl (C=O) groups excluding carboxylic acids is 1. The summed E-state index contributed by atoms with van der Waals surface area (Å²) in [6.07, 6.45) is -0.475. The SMILES string of the molecule is COc1cc2nc(C)nc(NCc3cccc(-c4ccc(NC(=O)OC(C)(C)C)cc4)c3)c2cc1OC. The first-order chi connectivity index (χ1) is 17.6. The fraction of sp³-hybridized carbons (Fsp3) is 0.276. The van der Waals surface area contributed by atoms with E-state index in [-0.39, 0.29) is 0 Å². The van der Waals surface area contributed by atoms with Crippen LogP contribution in [0.5, 0.6) is 11.5 Å². The zero-order valence-electron chi connectivity index (χ0n) is 22.0. The third-order valence-electron chi connectivity index (χ3n) is 5.56. The number of carbonyl (C=O) groups is 1. The van der Waals surface area contributed by atoms with Crippen LogP contribution in [-0.2, 0) is 11.3 Å². The standard InChI is InChI=1S/C29H32N4O4/c1-18-31-24-16-26(36-6)25(35-5)15-23(24)27(32-18)30-17-19-8-7-9-21(14-19)20-10-12-22(13-11-20)33-28(34)37-29(2,3)4/h7-16H,17H2,1-6H3,(H,33,34)(H,30,31,32). The number of hydrogen-bond acceptors (Lipinski definition) is 7. The lowest BCUT2D eigenvalue weighted by Crippen LogP contribution is -2.27. The van der Waals surface area contributed by atoms with E-state index in [1.54, 1.807) is 14.2 Å². The second-order valence-electron chi connectivity index (χ2n) is 9.60. The number of hydrogen-bond donors (Lipinski definition) is 2. The van der Waals surface area contributed by atoms with Crippen LogP contribution in [0.1, 0.15) is 32.2 Å². The molecule has 0 fully saturated rings. The molecule has 192 valence electrons. The Hall–Kier alpha value is -4.33. The van der Waals surface area contributed by atoms with E-state index >= 15 is 0 Å². The van der Waals surface area contributed by atoms with Gasteiger partial charge in [-0.05, 0) is 68.7 Å². The zero-order valence-corrected chi connectivity index (χ0v) is 22.0. The van der Waals surface area contributed by atoms with E-state index in [1.807, 2.05) is 70.2 Å². The first-order valence-electron chi connectivity index (χ1n) is 12.0. The van der Waals surface area contributed by atoms with E-state index < -0.39 is 11.7 Å². The molecule has 0 spiro atoms. The average molecular weight is 501 g/mol. The predicted molar refractivity (Wildman–Crippen MR) is 146 cm³/mol. The van der Waals surface area contributed by atoms with Gasteiger partial charge in [-0.1, -0.05) is 30.3 Å². The van der Waals surface area contributed by atoms with Crippen LogP contribution in [0, 0.1) is 6.92 Å². The molecule has 1 heterocycles. The number of benzene rings is 3. The predicted octanol–water partition coefficient (Wildman–Crippen LogP) is 6.58. The van der Waals surface area contributed by atoms with Gasteiger partial charge in [0.25, 0.3) is 0 Å². The van der Waals surface area contributed by atoms with Gasteiger partial charge in [0.05, 0.1) is 19.7 Å². The molecule has 0 aliphatic carbocycles. The first-order valence-corrected chi connectivity index (χ1v) is 12.0. The minimum Gasteiger partial charge on any atom is -0.493 e. The molecule has 1 amide bonds. The fourth-order valence-corrected chi connectivity index (χ4v) is 3.92. The highest BCUT2D eigenvalue weighted by atomic mass is 16.6. The molecular formula is C29H32N4O4. The Morgan fingerprint density at radius 2 is 1.59 bits per heavy atom. The molecule has 2 N–H and O–H groups in total. The van der Waals surface area contributed by atoms with E-state index in [0.717, 1.165) is 33.4 Å². The van der Waals surface area contributed by atoms with Crippen molar-refractivity contribution in [3.05, 3.63) is 72.1 Å². The number of amides is 1. The Kier molecular flexibility index (Phi) is 7.47. The number of anilines is 2. The van der Waals surface area contributed by atoms with Gasteiger partial charge in [-0.15, -0.1) is 0 Å². The molecular weight excluding hydrogens is 468 g/mol. The van der Waals surface area contributed by atoms with Gasteiger partial charge >= 0.3 is 6.09 Å². The van der Waals surface area contributed by atoms with Crippen molar-refractivity contribution < 1.29 is 19.0 Å². The van der Waals surface area contributed by atoms with Gasteiger partial charge < -0.3 is 19.5 Å². The van der Waals surface area contributed by atoms with E-state index in [0.29, 0.717) is 29.6 Å². The molecule has 3 aromatic carbocycles. The van der Waals surface area contributed by atoms with Gasteiger partial charge in [0, 0.05) is 23.7 Å². The lowest BCUT2D eigenvalue weighted by atomic mass is 10.0. The highest BCUT2D eigenvalue weighted by Crippen LogP contribution is 2.34. The number of fused-ring (bicyclic) bond motifs is 1. The lowest BCUT2D eigenvalue weighted by molar-refractivity contribution is 0.0636. The third-order valence-corrected chi connectivity index (χ3v) is 5.56. The van der Waals surface area contributed by atoms with E-state index in [2.05, 4.69) is 38.8 Å². The highest BCUT2D eigenvalue weighted by Gasteiger charge is 2.16. The summed E-state index contributed by atoms with van der Waals surface area (Å²) < 4.78 is 16.2. The fourth-order valence-electron chi connectivity index (χ4n) is 3.92. The summed E-state index contributed by atoms with van der Waals surface area (Å²) in [6, 6.07) is 19.7. The molecule has 0 bridgehead atoms. The molecule has 0 aliphatic heterocycles. The molecule has 0 saturated heterocycles. The summed E-state index contributed by atoms with van der Waals surface area (Å²) in [6.45, 7) is 7.94. The number of rotatable bonds is 7. The van der Waals surface area contributed by atoms with Crippen molar-refractivity contribution in [3.63, 3.8) is 0 Å². The quantitative estimate of drug-likeness (QED) is 0.296. The molecule has 0 atom stereocenters. The van der Waals surface area contributed by atoms with Crippen molar-refractivity contribution in [3.8, 4) is 22.6 Å². The van der Waals surface area contributed by atoms with E-state index in [9.17, 15) is 4.79 Å². The maximum atomic E-state index is 12.0. The topological polar surface area (TPSA) is 94.6 Å². The maximum Gasteiger partial charge on any atom is 0.412 e. The van der Waals surface area contributed by atoms with Crippen molar-refractivity contribution in [1.82, 2.24) is 9.97 Å². The minimum atomic E-state index is -0.547. The average Bonchev–Trinajstić information content (AvgIpc) is 2.85. The summed E-state index contributed by atoms with van der Waals surface area (Å²) in [5, 5.41) is 7.07. The molecule has 0 aliphatic rings. The number of nitrogens with one attached hydrogen (secondary N) is 2. The van der Waals surface area contributed by atoms with E-state index in [1.165, 1.54) is 0 Å². The third kappa shape index (κ3) is 6.46. The van der Waals surface area contributed by atoms with Gasteiger partial charge in [-0.2, -0.15) is 0 Å². The summed E-state index contributed by atoms with van der Waals surface area (Å²) in [7, 11) is 3.21. The number of aromatic nitrogens is 2. The Balaban J connectivity index is 1.50. The van der Waals surface area contributed by atoms with Gasteiger partial charge in [0.2, 0.25) is 0 Å². The molecule has 8 heteroatoms. The number of methoxy groups -OCH3 is 2. The molecule has 1 aromatic heterocycles. The van der Waals surface area contributed by atoms with Crippen molar-refractivity contribution in [1.29, 1.82) is 0 Å². The summed E-state index contributed by atoms with van der Waals surface area (Å²) >= 11 is 0. The first kappa shape index (κ1) is 25.8. The molecule has 4 rings (SSSR count). The highest BCUT2D eigenvalue weighted by molar-refractivity contribution is 5.92. The van der Waals surface area contributed by atoms with Gasteiger partial charge in [-0.3, -0.25) is 5.32 Å². The lowest BCUT2D eigenvalue weighted by Gasteiger charge is -2.19. The monoisotopic (exact) mass is 500 g/mol. The largest absolute Gasteiger partial charge is 0.493 e. The molecule has 8 nitrogen and oxygen atoms in total. The normalized spacial score (nSPS) is 11.2. The summed E-state index contributed by atoms with van der Waals surface area (Å²) in [5.74, 6) is 2.64. The van der Waals surface area contributed by atoms with Crippen LogP contribution in [0.2, 0.25) is 0 Å². The van der Waals surface area contributed by atoms with Crippen LogP contribution >= 0.6 is 0 Å². The number of ether oxygens (including phenoxy) is 3. The Labute approximate surface area is 217 Å². The van der Waals surface area contributed by atoms with Crippen LogP contribution in [0.15, 0.2) is 60.7 Å². The Bertz CT molecular complexity index is 1410. The smallest absolute Gasteiger partial charge is 0.412 e. The molecule has 0 unspecified atom stereocenters. The number of nitrogens with zero attached hydrogens (tertiary/aromatic N) is 2. The molecule has 37 heavy (non-hydrogen) atoms. The van der Waals surface area contributed by atoms with Crippen molar-refractivity contribution >= 4 is 28.5 Å². The Morgan fingerprint density at radius 1 is 0.892 bits per heavy atom. The molecule has 0 radical (unpaired) electrons. The van der Waals surface area contributed by atoms with Crippen LogP contribution in [0.3, 0.4) is 0 Å². The van der Waals surface area contributed by atoms with Crippen LogP contribution in [-0.4, -0.2) is 35.9 Å². The second kappa shape index (κ2) is 10.7. The molecule has 4 aromatic rings.